The Bertz CT molecular complexity index is 525. The molecule has 0 unspecified atom stereocenters. The quantitative estimate of drug-likeness (QED) is 0.798. The van der Waals surface area contributed by atoms with Gasteiger partial charge in [0.25, 0.3) is 5.91 Å². The molecule has 2 radical (unpaired) electrons. The molecule has 1 amide bonds. The lowest BCUT2D eigenvalue weighted by Gasteiger charge is -2.06. The Morgan fingerprint density at radius 3 is 2.56 bits per heavy atom. The second-order valence-electron chi connectivity index (χ2n) is 4.12. The van der Waals surface area contributed by atoms with Crippen LogP contribution in [0.15, 0.2) is 54.6 Å². The standard InChI is InChI=1S/C15H14BNO/c16-14-8-4-7-13(11-14)15(18)17-10-9-12-5-2-1-3-6-12/h1-8,11H,9-10H2,(H,17,18). The van der Waals surface area contributed by atoms with Crippen molar-refractivity contribution >= 4 is 19.2 Å². The number of benzene rings is 2. The summed E-state index contributed by atoms with van der Waals surface area (Å²) in [4.78, 5) is 11.8. The number of hydrogen-bond donors (Lipinski definition) is 1. The van der Waals surface area contributed by atoms with Gasteiger partial charge in [0.15, 0.2) is 0 Å². The molecule has 0 fully saturated rings. The summed E-state index contributed by atoms with van der Waals surface area (Å²) in [6.07, 6.45) is 0.828. The maximum absolute atomic E-state index is 11.8. The van der Waals surface area contributed by atoms with Crippen molar-refractivity contribution in [1.82, 2.24) is 5.32 Å². The summed E-state index contributed by atoms with van der Waals surface area (Å²) in [6, 6.07) is 17.0. The molecule has 0 aromatic heterocycles. The van der Waals surface area contributed by atoms with Gasteiger partial charge in [0.2, 0.25) is 0 Å². The van der Waals surface area contributed by atoms with Gasteiger partial charge in [-0.1, -0.05) is 54.0 Å². The first-order valence-corrected chi connectivity index (χ1v) is 5.93. The minimum atomic E-state index is -0.0850. The molecular weight excluding hydrogens is 221 g/mol. The molecule has 2 aromatic carbocycles. The molecule has 0 saturated heterocycles. The van der Waals surface area contributed by atoms with Crippen LogP contribution < -0.4 is 10.8 Å². The van der Waals surface area contributed by atoms with Crippen molar-refractivity contribution in [2.75, 3.05) is 6.54 Å². The van der Waals surface area contributed by atoms with E-state index in [4.69, 9.17) is 7.85 Å². The first kappa shape index (κ1) is 12.4. The lowest BCUT2D eigenvalue weighted by atomic mass is 9.94. The summed E-state index contributed by atoms with van der Waals surface area (Å²) < 4.78 is 0. The van der Waals surface area contributed by atoms with Gasteiger partial charge in [-0.15, -0.1) is 0 Å². The molecule has 0 heterocycles. The topological polar surface area (TPSA) is 29.1 Å². The molecule has 3 heteroatoms. The van der Waals surface area contributed by atoms with Crippen molar-refractivity contribution in [1.29, 1.82) is 0 Å². The highest BCUT2D eigenvalue weighted by molar-refractivity contribution is 6.32. The summed E-state index contributed by atoms with van der Waals surface area (Å²) in [7, 11) is 5.64. The number of hydrogen-bond acceptors (Lipinski definition) is 1. The third kappa shape index (κ3) is 3.49. The summed E-state index contributed by atoms with van der Waals surface area (Å²) in [5.74, 6) is -0.0850. The molecule has 0 aliphatic carbocycles. The number of nitrogens with one attached hydrogen (secondary N) is 1. The molecule has 2 aromatic rings. The summed E-state index contributed by atoms with van der Waals surface area (Å²) in [6.45, 7) is 0.623. The average Bonchev–Trinajstić information content (AvgIpc) is 2.40. The lowest BCUT2D eigenvalue weighted by molar-refractivity contribution is 0.0954. The maximum atomic E-state index is 11.8. The van der Waals surface area contributed by atoms with Gasteiger partial charge in [0.1, 0.15) is 7.85 Å². The summed E-state index contributed by atoms with van der Waals surface area (Å²) in [5, 5.41) is 2.88. The van der Waals surface area contributed by atoms with Gasteiger partial charge in [-0.3, -0.25) is 4.79 Å². The van der Waals surface area contributed by atoms with Crippen LogP contribution in [0.1, 0.15) is 15.9 Å². The van der Waals surface area contributed by atoms with Crippen LogP contribution in [0.2, 0.25) is 0 Å². The van der Waals surface area contributed by atoms with E-state index in [1.165, 1.54) is 5.56 Å². The lowest BCUT2D eigenvalue weighted by Crippen LogP contribution is -2.26. The van der Waals surface area contributed by atoms with Gasteiger partial charge < -0.3 is 5.32 Å². The van der Waals surface area contributed by atoms with Crippen LogP contribution in [0.25, 0.3) is 0 Å². The minimum absolute atomic E-state index is 0.0850. The van der Waals surface area contributed by atoms with Crippen LogP contribution in [-0.4, -0.2) is 20.3 Å². The zero-order chi connectivity index (χ0) is 12.8. The fourth-order valence-electron chi connectivity index (χ4n) is 1.75. The van der Waals surface area contributed by atoms with E-state index >= 15 is 0 Å². The predicted molar refractivity (Wildman–Crippen MR) is 74.3 cm³/mol. The van der Waals surface area contributed by atoms with Gasteiger partial charge >= 0.3 is 0 Å². The van der Waals surface area contributed by atoms with Crippen LogP contribution in [0.5, 0.6) is 0 Å². The molecule has 0 bridgehead atoms. The van der Waals surface area contributed by atoms with Crippen LogP contribution in [0.3, 0.4) is 0 Å². The maximum Gasteiger partial charge on any atom is 0.251 e. The highest BCUT2D eigenvalue weighted by atomic mass is 16.1. The molecule has 0 atom stereocenters. The number of carbonyl (C=O) groups is 1. The van der Waals surface area contributed by atoms with E-state index < -0.39 is 0 Å². The summed E-state index contributed by atoms with van der Waals surface area (Å²) in [5.41, 5.74) is 2.42. The third-order valence-corrected chi connectivity index (χ3v) is 2.69. The Morgan fingerprint density at radius 2 is 1.83 bits per heavy atom. The Balaban J connectivity index is 1.86. The fourth-order valence-corrected chi connectivity index (χ4v) is 1.75. The number of carbonyl (C=O) groups excluding carboxylic acids is 1. The molecule has 0 aliphatic heterocycles. The smallest absolute Gasteiger partial charge is 0.251 e. The van der Waals surface area contributed by atoms with E-state index in [1.807, 2.05) is 30.3 Å². The largest absolute Gasteiger partial charge is 0.352 e. The van der Waals surface area contributed by atoms with Gasteiger partial charge in [-0.05, 0) is 18.1 Å². The Morgan fingerprint density at radius 1 is 1.06 bits per heavy atom. The van der Waals surface area contributed by atoms with Crippen molar-refractivity contribution < 1.29 is 4.79 Å². The number of rotatable bonds is 4. The van der Waals surface area contributed by atoms with Gasteiger partial charge in [-0.25, -0.2) is 0 Å². The SMILES string of the molecule is [B]c1cccc(C(=O)NCCc2ccccc2)c1. The van der Waals surface area contributed by atoms with Crippen molar-refractivity contribution in [3.8, 4) is 0 Å². The molecule has 2 nitrogen and oxygen atoms in total. The Hall–Kier alpha value is -2.03. The van der Waals surface area contributed by atoms with Crippen molar-refractivity contribution in [2.45, 2.75) is 6.42 Å². The van der Waals surface area contributed by atoms with Crippen LogP contribution in [0, 0.1) is 0 Å². The summed E-state index contributed by atoms with van der Waals surface area (Å²) >= 11 is 0. The van der Waals surface area contributed by atoms with Crippen LogP contribution in [0.4, 0.5) is 0 Å². The van der Waals surface area contributed by atoms with E-state index in [1.54, 1.807) is 24.3 Å². The Labute approximate surface area is 108 Å². The highest BCUT2D eigenvalue weighted by Gasteiger charge is 2.03. The molecule has 2 rings (SSSR count). The van der Waals surface area contributed by atoms with Crippen LogP contribution in [-0.2, 0) is 6.42 Å². The van der Waals surface area contributed by atoms with E-state index in [0.717, 1.165) is 6.42 Å². The zero-order valence-corrected chi connectivity index (χ0v) is 10.1. The molecule has 0 saturated carbocycles. The molecular formula is C15H14BNO. The fraction of sp³-hybridized carbons (Fsp3) is 0.133. The van der Waals surface area contributed by atoms with Gasteiger partial charge in [0, 0.05) is 12.1 Å². The van der Waals surface area contributed by atoms with Crippen molar-refractivity contribution in [2.24, 2.45) is 0 Å². The van der Waals surface area contributed by atoms with E-state index in [9.17, 15) is 4.79 Å². The second-order valence-corrected chi connectivity index (χ2v) is 4.12. The number of amides is 1. The average molecular weight is 235 g/mol. The zero-order valence-electron chi connectivity index (χ0n) is 10.1. The Kier molecular flexibility index (Phi) is 4.18. The molecule has 1 N–H and O–H groups in total. The minimum Gasteiger partial charge on any atom is -0.352 e. The molecule has 88 valence electrons. The monoisotopic (exact) mass is 235 g/mol. The predicted octanol–water partition coefficient (Wildman–Crippen LogP) is 1.45. The van der Waals surface area contributed by atoms with E-state index in [-0.39, 0.29) is 5.91 Å². The van der Waals surface area contributed by atoms with E-state index in [0.29, 0.717) is 17.6 Å². The normalized spacial score (nSPS) is 10.0. The van der Waals surface area contributed by atoms with Gasteiger partial charge in [0.05, 0.1) is 0 Å². The van der Waals surface area contributed by atoms with Crippen LogP contribution >= 0.6 is 0 Å². The molecule has 0 aliphatic rings. The third-order valence-electron chi connectivity index (χ3n) is 2.69. The van der Waals surface area contributed by atoms with Gasteiger partial charge in [-0.2, -0.15) is 0 Å². The highest BCUT2D eigenvalue weighted by Crippen LogP contribution is 1.99. The van der Waals surface area contributed by atoms with Crippen molar-refractivity contribution in [3.63, 3.8) is 0 Å². The first-order valence-electron chi connectivity index (χ1n) is 5.93. The first-order chi connectivity index (χ1) is 8.75. The van der Waals surface area contributed by atoms with E-state index in [2.05, 4.69) is 5.32 Å². The second kappa shape index (κ2) is 6.06. The molecule has 18 heavy (non-hydrogen) atoms. The molecule has 0 spiro atoms. The van der Waals surface area contributed by atoms with Crippen molar-refractivity contribution in [3.05, 3.63) is 65.7 Å².